The lowest BCUT2D eigenvalue weighted by Crippen LogP contribution is -2.21. The summed E-state index contributed by atoms with van der Waals surface area (Å²) < 4.78 is 0. The van der Waals surface area contributed by atoms with E-state index in [1.165, 1.54) is 11.5 Å². The smallest absolute Gasteiger partial charge is 0.106 e. The van der Waals surface area contributed by atoms with E-state index in [4.69, 9.17) is 0 Å². The third kappa shape index (κ3) is 1.20. The van der Waals surface area contributed by atoms with Crippen LogP contribution in [0.1, 0.15) is 0 Å². The summed E-state index contributed by atoms with van der Waals surface area (Å²) in [5.41, 5.74) is 1.22. The van der Waals surface area contributed by atoms with E-state index in [0.29, 0.717) is 0 Å². The zero-order valence-electron chi connectivity index (χ0n) is 6.05. The molecule has 3 heteroatoms. The SMILES string of the molecule is Br/C=C1\CN2CC=CC=C2N1. The van der Waals surface area contributed by atoms with E-state index in [2.05, 4.69) is 44.4 Å². The van der Waals surface area contributed by atoms with Crippen molar-refractivity contribution in [3.05, 3.63) is 34.7 Å². The number of nitrogens with one attached hydrogen (secondary N) is 1. The fraction of sp³-hybridized carbons (Fsp3) is 0.250. The number of fused-ring (bicyclic) bond motifs is 1. The summed E-state index contributed by atoms with van der Waals surface area (Å²) in [5, 5.41) is 3.29. The van der Waals surface area contributed by atoms with Crippen LogP contribution in [0, 0.1) is 0 Å². The van der Waals surface area contributed by atoms with Gasteiger partial charge in [-0.05, 0) is 6.08 Å². The van der Waals surface area contributed by atoms with E-state index in [9.17, 15) is 0 Å². The molecule has 0 unspecified atom stereocenters. The van der Waals surface area contributed by atoms with Crippen molar-refractivity contribution in [3.63, 3.8) is 0 Å². The van der Waals surface area contributed by atoms with Gasteiger partial charge in [-0.2, -0.15) is 0 Å². The predicted molar refractivity (Wildman–Crippen MR) is 48.9 cm³/mol. The van der Waals surface area contributed by atoms with E-state index in [1.54, 1.807) is 0 Å². The van der Waals surface area contributed by atoms with E-state index in [0.717, 1.165) is 13.1 Å². The second kappa shape index (κ2) is 2.74. The van der Waals surface area contributed by atoms with Crippen molar-refractivity contribution in [2.45, 2.75) is 0 Å². The summed E-state index contributed by atoms with van der Waals surface area (Å²) in [6.07, 6.45) is 6.32. The highest BCUT2D eigenvalue weighted by Crippen LogP contribution is 2.17. The van der Waals surface area contributed by atoms with Gasteiger partial charge in [0.25, 0.3) is 0 Å². The summed E-state index contributed by atoms with van der Waals surface area (Å²) in [7, 11) is 0. The van der Waals surface area contributed by atoms with Gasteiger partial charge < -0.3 is 10.2 Å². The first-order valence-corrected chi connectivity index (χ1v) is 4.50. The van der Waals surface area contributed by atoms with Crippen LogP contribution >= 0.6 is 15.9 Å². The first-order valence-electron chi connectivity index (χ1n) is 3.58. The second-order valence-corrected chi connectivity index (χ2v) is 3.08. The van der Waals surface area contributed by atoms with Crippen LogP contribution in [0.4, 0.5) is 0 Å². The normalized spacial score (nSPS) is 25.0. The lowest BCUT2D eigenvalue weighted by Gasteiger charge is -2.17. The lowest BCUT2D eigenvalue weighted by atomic mass is 10.3. The fourth-order valence-electron chi connectivity index (χ4n) is 1.29. The van der Waals surface area contributed by atoms with Crippen LogP contribution in [0.3, 0.4) is 0 Å². The van der Waals surface area contributed by atoms with E-state index < -0.39 is 0 Å². The molecule has 0 radical (unpaired) electrons. The van der Waals surface area contributed by atoms with Crippen molar-refractivity contribution < 1.29 is 0 Å². The summed E-state index contributed by atoms with van der Waals surface area (Å²) in [4.78, 5) is 4.22. The molecule has 2 nitrogen and oxygen atoms in total. The van der Waals surface area contributed by atoms with Gasteiger partial charge in [0.05, 0.1) is 6.54 Å². The van der Waals surface area contributed by atoms with Gasteiger partial charge in [-0.25, -0.2) is 0 Å². The minimum atomic E-state index is 0.988. The van der Waals surface area contributed by atoms with Crippen molar-refractivity contribution in [3.8, 4) is 0 Å². The molecule has 0 spiro atoms. The summed E-state index contributed by atoms with van der Waals surface area (Å²) in [5.74, 6) is 1.21. The largest absolute Gasteiger partial charge is 0.349 e. The van der Waals surface area contributed by atoms with Gasteiger partial charge >= 0.3 is 0 Å². The molecule has 1 fully saturated rings. The second-order valence-electron chi connectivity index (χ2n) is 2.62. The molecule has 0 aromatic rings. The summed E-state index contributed by atoms with van der Waals surface area (Å²) in [6.45, 7) is 2.00. The van der Waals surface area contributed by atoms with Crippen molar-refractivity contribution in [2.24, 2.45) is 0 Å². The van der Waals surface area contributed by atoms with Gasteiger partial charge in [0, 0.05) is 17.2 Å². The maximum absolute atomic E-state index is 3.31. The Balaban J connectivity index is 2.21. The molecule has 2 rings (SSSR count). The molecule has 2 heterocycles. The van der Waals surface area contributed by atoms with Gasteiger partial charge in [0.1, 0.15) is 5.82 Å². The predicted octanol–water partition coefficient (Wildman–Crippen LogP) is 1.54. The first-order chi connectivity index (χ1) is 5.40. The Morgan fingerprint density at radius 3 is 3.27 bits per heavy atom. The zero-order valence-corrected chi connectivity index (χ0v) is 7.63. The van der Waals surface area contributed by atoms with E-state index in [-0.39, 0.29) is 0 Å². The maximum Gasteiger partial charge on any atom is 0.106 e. The van der Waals surface area contributed by atoms with Crippen LogP contribution in [0.15, 0.2) is 34.7 Å². The highest BCUT2D eigenvalue weighted by Gasteiger charge is 2.19. The molecular formula is C8H9BrN2. The zero-order chi connectivity index (χ0) is 7.68. The molecule has 0 aromatic carbocycles. The van der Waals surface area contributed by atoms with Crippen molar-refractivity contribution in [2.75, 3.05) is 13.1 Å². The Kier molecular flexibility index (Phi) is 1.74. The molecule has 2 aliphatic rings. The van der Waals surface area contributed by atoms with E-state index >= 15 is 0 Å². The molecule has 0 atom stereocenters. The highest BCUT2D eigenvalue weighted by molar-refractivity contribution is 9.11. The van der Waals surface area contributed by atoms with Crippen LogP contribution in [-0.4, -0.2) is 18.0 Å². The van der Waals surface area contributed by atoms with Crippen LogP contribution in [0.5, 0.6) is 0 Å². The molecule has 0 saturated carbocycles. The number of hydrogen-bond acceptors (Lipinski definition) is 2. The number of allylic oxidation sites excluding steroid dienone is 2. The van der Waals surface area contributed by atoms with Gasteiger partial charge in [0.2, 0.25) is 0 Å². The molecule has 58 valence electrons. The Hall–Kier alpha value is -0.700. The van der Waals surface area contributed by atoms with Crippen molar-refractivity contribution in [1.29, 1.82) is 0 Å². The standard InChI is InChI=1S/C8H9BrN2/c9-5-7-6-11-4-2-1-3-8(11)10-7/h1-3,5,10H,4,6H2/b7-5+. The van der Waals surface area contributed by atoms with Crippen molar-refractivity contribution in [1.82, 2.24) is 10.2 Å². The molecule has 2 aliphatic heterocycles. The van der Waals surface area contributed by atoms with Crippen LogP contribution in [-0.2, 0) is 0 Å². The summed E-state index contributed by atoms with van der Waals surface area (Å²) in [6, 6.07) is 0. The number of halogens is 1. The third-order valence-corrected chi connectivity index (χ3v) is 2.39. The Morgan fingerprint density at radius 2 is 2.55 bits per heavy atom. The van der Waals surface area contributed by atoms with Gasteiger partial charge in [-0.15, -0.1) is 0 Å². The monoisotopic (exact) mass is 212 g/mol. The minimum absolute atomic E-state index is 0.988. The van der Waals surface area contributed by atoms with Gasteiger partial charge in [0.15, 0.2) is 0 Å². The molecule has 11 heavy (non-hydrogen) atoms. The Bertz CT molecular complexity index is 253. The molecular weight excluding hydrogens is 204 g/mol. The number of nitrogens with zero attached hydrogens (tertiary/aromatic N) is 1. The topological polar surface area (TPSA) is 15.3 Å². The Morgan fingerprint density at radius 1 is 1.64 bits per heavy atom. The van der Waals surface area contributed by atoms with Gasteiger partial charge in [-0.3, -0.25) is 0 Å². The fourth-order valence-corrected chi connectivity index (χ4v) is 1.55. The van der Waals surface area contributed by atoms with E-state index in [1.807, 2.05) is 4.99 Å². The molecule has 1 saturated heterocycles. The number of rotatable bonds is 0. The average molecular weight is 213 g/mol. The molecule has 0 amide bonds. The average Bonchev–Trinajstić information content (AvgIpc) is 2.46. The van der Waals surface area contributed by atoms with Crippen LogP contribution < -0.4 is 5.32 Å². The summed E-state index contributed by atoms with van der Waals surface area (Å²) >= 11 is 3.31. The lowest BCUT2D eigenvalue weighted by molar-refractivity contribution is 0.440. The Labute approximate surface area is 74.4 Å². The third-order valence-electron chi connectivity index (χ3n) is 1.84. The van der Waals surface area contributed by atoms with Crippen molar-refractivity contribution >= 4 is 15.9 Å². The molecule has 0 bridgehead atoms. The quantitative estimate of drug-likeness (QED) is 0.656. The molecule has 0 aliphatic carbocycles. The maximum atomic E-state index is 3.31. The molecule has 0 aromatic heterocycles. The van der Waals surface area contributed by atoms with Crippen LogP contribution in [0.25, 0.3) is 0 Å². The number of hydrogen-bond donors (Lipinski definition) is 1. The van der Waals surface area contributed by atoms with Gasteiger partial charge in [-0.1, -0.05) is 28.1 Å². The minimum Gasteiger partial charge on any atom is -0.349 e. The highest BCUT2D eigenvalue weighted by atomic mass is 79.9. The first kappa shape index (κ1) is 6.98. The molecule has 1 N–H and O–H groups in total. The van der Waals surface area contributed by atoms with Crippen LogP contribution in [0.2, 0.25) is 0 Å².